The van der Waals surface area contributed by atoms with Gasteiger partial charge in [0.1, 0.15) is 17.3 Å². The van der Waals surface area contributed by atoms with E-state index in [1.54, 1.807) is 0 Å². The monoisotopic (exact) mass is 268 g/mol. The lowest BCUT2D eigenvalue weighted by molar-refractivity contribution is 0.490. The fourth-order valence-electron chi connectivity index (χ4n) is 2.89. The normalized spacial score (nSPS) is 19.8. The summed E-state index contributed by atoms with van der Waals surface area (Å²) in [6, 6.07) is 2.72. The Labute approximate surface area is 113 Å². The average Bonchev–Trinajstić information content (AvgIpc) is 2.56. The molecule has 19 heavy (non-hydrogen) atoms. The van der Waals surface area contributed by atoms with Crippen molar-refractivity contribution >= 4 is 5.69 Å². The number of anilines is 1. The minimum absolute atomic E-state index is 0.104. The summed E-state index contributed by atoms with van der Waals surface area (Å²) in [5.74, 6) is -0.962. The third-order valence-electron chi connectivity index (χ3n) is 3.81. The summed E-state index contributed by atoms with van der Waals surface area (Å²) in [5, 5.41) is 0. The van der Waals surface area contributed by atoms with Gasteiger partial charge in [0.2, 0.25) is 0 Å². The first kappa shape index (κ1) is 14.3. The van der Waals surface area contributed by atoms with Gasteiger partial charge in [0, 0.05) is 18.1 Å². The van der Waals surface area contributed by atoms with E-state index in [0.29, 0.717) is 18.5 Å². The van der Waals surface area contributed by atoms with Crippen LogP contribution in [0, 0.1) is 11.6 Å². The molecule has 0 aromatic heterocycles. The maximum atomic E-state index is 14.2. The Bertz CT molecular complexity index is 446. The van der Waals surface area contributed by atoms with E-state index in [1.165, 1.54) is 12.1 Å². The summed E-state index contributed by atoms with van der Waals surface area (Å²) in [6.45, 7) is 6.57. The van der Waals surface area contributed by atoms with Crippen LogP contribution in [-0.4, -0.2) is 18.1 Å². The molecule has 4 heteroatoms. The molecule has 2 rings (SSSR count). The molecule has 0 radical (unpaired) electrons. The van der Waals surface area contributed by atoms with E-state index in [9.17, 15) is 8.78 Å². The van der Waals surface area contributed by atoms with Crippen LogP contribution in [0.5, 0.6) is 0 Å². The number of nitrogens with zero attached hydrogens (tertiary/aromatic N) is 1. The smallest absolute Gasteiger partial charge is 0.149 e. The highest BCUT2D eigenvalue weighted by molar-refractivity contribution is 5.53. The lowest BCUT2D eigenvalue weighted by Crippen LogP contribution is -2.39. The largest absolute Gasteiger partial charge is 0.362 e. The van der Waals surface area contributed by atoms with Crippen molar-refractivity contribution in [3.63, 3.8) is 0 Å². The van der Waals surface area contributed by atoms with Crippen molar-refractivity contribution in [2.24, 2.45) is 5.73 Å². The van der Waals surface area contributed by atoms with Gasteiger partial charge in [-0.2, -0.15) is 0 Å². The van der Waals surface area contributed by atoms with Crippen LogP contribution in [-0.2, 0) is 6.42 Å². The molecule has 1 aromatic rings. The minimum Gasteiger partial charge on any atom is -0.362 e. The van der Waals surface area contributed by atoms with E-state index in [2.05, 4.69) is 0 Å². The summed E-state index contributed by atoms with van der Waals surface area (Å²) >= 11 is 0. The Kier molecular flexibility index (Phi) is 3.81. The quantitative estimate of drug-likeness (QED) is 0.912. The lowest BCUT2D eigenvalue weighted by Gasteiger charge is -2.34. The van der Waals surface area contributed by atoms with Crippen molar-refractivity contribution in [2.75, 3.05) is 11.4 Å². The number of hydrogen-bond acceptors (Lipinski definition) is 2. The molecule has 0 spiro atoms. The highest BCUT2D eigenvalue weighted by Crippen LogP contribution is 2.37. The second-order valence-electron chi connectivity index (χ2n) is 6.16. The fourth-order valence-corrected chi connectivity index (χ4v) is 2.89. The molecule has 0 amide bonds. The summed E-state index contributed by atoms with van der Waals surface area (Å²) in [5.41, 5.74) is 6.21. The third-order valence-corrected chi connectivity index (χ3v) is 3.81. The number of benzene rings is 1. The highest BCUT2D eigenvalue weighted by Gasteiger charge is 2.35. The summed E-state index contributed by atoms with van der Waals surface area (Å²) in [7, 11) is 0. The Balaban J connectivity index is 2.37. The molecule has 1 aliphatic rings. The Hall–Kier alpha value is -1.16. The van der Waals surface area contributed by atoms with Gasteiger partial charge in [0.05, 0.1) is 0 Å². The summed E-state index contributed by atoms with van der Waals surface area (Å²) in [4.78, 5) is 1.84. The van der Waals surface area contributed by atoms with Crippen molar-refractivity contribution < 1.29 is 8.78 Å². The van der Waals surface area contributed by atoms with Gasteiger partial charge in [0.25, 0.3) is 0 Å². The highest BCUT2D eigenvalue weighted by atomic mass is 19.1. The number of nitrogens with two attached hydrogens (primary N) is 1. The second-order valence-corrected chi connectivity index (χ2v) is 6.16. The molecule has 106 valence electrons. The third kappa shape index (κ3) is 2.89. The molecule has 0 saturated carbocycles. The Morgan fingerprint density at radius 2 is 1.89 bits per heavy atom. The van der Waals surface area contributed by atoms with E-state index in [1.807, 2.05) is 25.7 Å². The molecule has 1 unspecified atom stereocenters. The van der Waals surface area contributed by atoms with Crippen molar-refractivity contribution in [3.8, 4) is 0 Å². The first-order chi connectivity index (χ1) is 8.81. The second kappa shape index (κ2) is 5.08. The van der Waals surface area contributed by atoms with E-state index in [0.717, 1.165) is 12.8 Å². The first-order valence-corrected chi connectivity index (χ1v) is 6.82. The van der Waals surface area contributed by atoms with Gasteiger partial charge in [-0.1, -0.05) is 0 Å². The van der Waals surface area contributed by atoms with Crippen molar-refractivity contribution in [2.45, 2.75) is 51.6 Å². The van der Waals surface area contributed by atoms with Gasteiger partial charge >= 0.3 is 0 Å². The molecule has 1 aliphatic heterocycles. The predicted octanol–water partition coefficient (Wildman–Crippen LogP) is 3.23. The van der Waals surface area contributed by atoms with Crippen molar-refractivity contribution in [1.82, 2.24) is 0 Å². The molecule has 0 aliphatic carbocycles. The minimum atomic E-state index is -0.481. The molecule has 1 heterocycles. The number of rotatable bonds is 3. The first-order valence-electron chi connectivity index (χ1n) is 6.82. The van der Waals surface area contributed by atoms with Gasteiger partial charge in [-0.05, 0) is 57.7 Å². The van der Waals surface area contributed by atoms with Gasteiger partial charge < -0.3 is 10.6 Å². The number of hydrogen-bond donors (Lipinski definition) is 1. The lowest BCUT2D eigenvalue weighted by atomic mass is 10.0. The topological polar surface area (TPSA) is 29.3 Å². The predicted molar refractivity (Wildman–Crippen MR) is 74.4 cm³/mol. The molecule has 1 fully saturated rings. The summed E-state index contributed by atoms with van der Waals surface area (Å²) in [6.07, 6.45) is 2.40. The standard InChI is InChI=1S/C15H22F2N2/c1-10(18)7-11-8-12(16)14(13(17)9-11)19-6-4-5-15(19,2)3/h8-10H,4-7,18H2,1-3H3. The molecule has 2 nitrogen and oxygen atoms in total. The zero-order chi connectivity index (χ0) is 14.2. The van der Waals surface area contributed by atoms with E-state index in [4.69, 9.17) is 5.73 Å². The van der Waals surface area contributed by atoms with Crippen LogP contribution in [0.25, 0.3) is 0 Å². The molecular formula is C15H22F2N2. The molecule has 0 bridgehead atoms. The van der Waals surface area contributed by atoms with Crippen LogP contribution in [0.4, 0.5) is 14.5 Å². The zero-order valence-corrected chi connectivity index (χ0v) is 11.8. The molecule has 2 N–H and O–H groups in total. The number of halogens is 2. The van der Waals surface area contributed by atoms with Gasteiger partial charge in [-0.3, -0.25) is 0 Å². The van der Waals surface area contributed by atoms with Crippen LogP contribution in [0.3, 0.4) is 0 Å². The van der Waals surface area contributed by atoms with Crippen molar-refractivity contribution in [1.29, 1.82) is 0 Å². The van der Waals surface area contributed by atoms with E-state index < -0.39 is 11.6 Å². The molecule has 1 saturated heterocycles. The van der Waals surface area contributed by atoms with Crippen LogP contribution in [0.2, 0.25) is 0 Å². The maximum absolute atomic E-state index is 14.2. The maximum Gasteiger partial charge on any atom is 0.149 e. The van der Waals surface area contributed by atoms with Crippen LogP contribution < -0.4 is 10.6 Å². The van der Waals surface area contributed by atoms with Gasteiger partial charge in [-0.25, -0.2) is 8.78 Å². The van der Waals surface area contributed by atoms with Crippen LogP contribution in [0.15, 0.2) is 12.1 Å². The van der Waals surface area contributed by atoms with E-state index >= 15 is 0 Å². The van der Waals surface area contributed by atoms with E-state index in [-0.39, 0.29) is 17.3 Å². The fraction of sp³-hybridized carbons (Fsp3) is 0.600. The Morgan fingerprint density at radius 1 is 1.32 bits per heavy atom. The Morgan fingerprint density at radius 3 is 2.32 bits per heavy atom. The zero-order valence-electron chi connectivity index (χ0n) is 11.8. The van der Waals surface area contributed by atoms with Gasteiger partial charge in [0.15, 0.2) is 0 Å². The average molecular weight is 268 g/mol. The van der Waals surface area contributed by atoms with Gasteiger partial charge in [-0.15, -0.1) is 0 Å². The van der Waals surface area contributed by atoms with Crippen LogP contribution >= 0.6 is 0 Å². The van der Waals surface area contributed by atoms with Crippen molar-refractivity contribution in [3.05, 3.63) is 29.3 Å². The molecule has 1 aromatic carbocycles. The van der Waals surface area contributed by atoms with Crippen LogP contribution in [0.1, 0.15) is 39.2 Å². The summed E-state index contributed by atoms with van der Waals surface area (Å²) < 4.78 is 28.5. The molecular weight excluding hydrogens is 246 g/mol. The SMILES string of the molecule is CC(N)Cc1cc(F)c(N2CCCC2(C)C)c(F)c1. The molecule has 1 atom stereocenters.